The van der Waals surface area contributed by atoms with Gasteiger partial charge in [0.1, 0.15) is 23.0 Å². The SMILES string of the molecule is C#Cc1ccc(-c2cc(CCCC)c(-c3ccc(-c4oc(-c5ccc(C#C)cc5)cc4CCCC)cc3)o2)cc1. The van der Waals surface area contributed by atoms with Gasteiger partial charge in [0.05, 0.1) is 0 Å². The van der Waals surface area contributed by atoms with E-state index in [-0.39, 0.29) is 0 Å². The van der Waals surface area contributed by atoms with E-state index in [4.69, 9.17) is 21.7 Å². The number of benzene rings is 3. The lowest BCUT2D eigenvalue weighted by atomic mass is 10.00. The molecule has 3 aromatic carbocycles. The molecule has 0 atom stereocenters. The molecule has 5 rings (SSSR count). The number of hydrogen-bond acceptors (Lipinski definition) is 2. The van der Waals surface area contributed by atoms with Gasteiger partial charge in [-0.05, 0) is 73.2 Å². The molecule has 2 nitrogen and oxygen atoms in total. The zero-order valence-electron chi connectivity index (χ0n) is 23.3. The molecule has 0 saturated carbocycles. The fourth-order valence-electron chi connectivity index (χ4n) is 4.97. The standard InChI is InChI=1S/C38H34O2/c1-5-9-11-33-25-35(29-17-13-27(7-3)14-18-29)39-37(33)31-21-23-32(24-22-31)38-34(12-10-6-2)26-36(40-38)30-19-15-28(8-4)16-20-30/h3-4,13-26H,5-6,9-12H2,1-2H3. The summed E-state index contributed by atoms with van der Waals surface area (Å²) in [7, 11) is 0. The first kappa shape index (κ1) is 26.9. The van der Waals surface area contributed by atoms with E-state index in [1.807, 2.05) is 48.5 Å². The van der Waals surface area contributed by atoms with Crippen LogP contribution in [0, 0.1) is 24.7 Å². The van der Waals surface area contributed by atoms with Gasteiger partial charge in [0.25, 0.3) is 0 Å². The topological polar surface area (TPSA) is 26.3 Å². The van der Waals surface area contributed by atoms with Gasteiger partial charge in [-0.15, -0.1) is 12.8 Å². The first-order chi connectivity index (χ1) is 19.6. The van der Waals surface area contributed by atoms with Crippen LogP contribution in [-0.4, -0.2) is 0 Å². The lowest BCUT2D eigenvalue weighted by molar-refractivity contribution is 0.591. The minimum atomic E-state index is 0.862. The van der Waals surface area contributed by atoms with Crippen molar-refractivity contribution in [3.05, 3.63) is 107 Å². The number of unbranched alkanes of at least 4 members (excludes halogenated alkanes) is 2. The van der Waals surface area contributed by atoms with Crippen LogP contribution in [0.5, 0.6) is 0 Å². The zero-order chi connectivity index (χ0) is 27.9. The normalized spacial score (nSPS) is 10.8. The fourth-order valence-corrected chi connectivity index (χ4v) is 4.97. The molecule has 2 aromatic heterocycles. The molecule has 2 heterocycles. The van der Waals surface area contributed by atoms with E-state index in [1.165, 1.54) is 11.1 Å². The highest BCUT2D eigenvalue weighted by atomic mass is 16.3. The van der Waals surface area contributed by atoms with Crippen molar-refractivity contribution in [3.63, 3.8) is 0 Å². The molecule has 0 saturated heterocycles. The van der Waals surface area contributed by atoms with Crippen molar-refractivity contribution in [2.75, 3.05) is 0 Å². The Balaban J connectivity index is 1.48. The van der Waals surface area contributed by atoms with Gasteiger partial charge in [-0.1, -0.05) is 87.1 Å². The van der Waals surface area contributed by atoms with Crippen LogP contribution in [0.15, 0.2) is 93.8 Å². The van der Waals surface area contributed by atoms with Gasteiger partial charge in [-0.3, -0.25) is 0 Å². The maximum absolute atomic E-state index is 6.47. The predicted octanol–water partition coefficient (Wildman–Crippen LogP) is 10.2. The fraction of sp³-hybridized carbons (Fsp3) is 0.211. The second-order valence-corrected chi connectivity index (χ2v) is 10.2. The molecule has 0 bridgehead atoms. The molecule has 0 N–H and O–H groups in total. The minimum Gasteiger partial charge on any atom is -0.456 e. The van der Waals surface area contributed by atoms with Crippen molar-refractivity contribution in [3.8, 4) is 70.0 Å². The van der Waals surface area contributed by atoms with Crippen molar-refractivity contribution in [1.29, 1.82) is 0 Å². The summed E-state index contributed by atoms with van der Waals surface area (Å²) >= 11 is 0. The predicted molar refractivity (Wildman–Crippen MR) is 166 cm³/mol. The van der Waals surface area contributed by atoms with Crippen LogP contribution >= 0.6 is 0 Å². The Morgan fingerprint density at radius 2 is 0.875 bits per heavy atom. The van der Waals surface area contributed by atoms with Crippen LogP contribution in [-0.2, 0) is 12.8 Å². The molecule has 2 heteroatoms. The highest BCUT2D eigenvalue weighted by molar-refractivity contribution is 5.73. The Labute approximate surface area is 238 Å². The van der Waals surface area contributed by atoms with Crippen molar-refractivity contribution < 1.29 is 8.83 Å². The minimum absolute atomic E-state index is 0.862. The van der Waals surface area contributed by atoms with Gasteiger partial charge in [0, 0.05) is 33.4 Å². The summed E-state index contributed by atoms with van der Waals surface area (Å²) < 4.78 is 12.9. The maximum Gasteiger partial charge on any atom is 0.137 e. The summed E-state index contributed by atoms with van der Waals surface area (Å²) in [5.41, 5.74) is 8.36. The number of rotatable bonds is 10. The largest absolute Gasteiger partial charge is 0.456 e. The van der Waals surface area contributed by atoms with Gasteiger partial charge in [-0.25, -0.2) is 0 Å². The Bertz CT molecular complexity index is 1520. The van der Waals surface area contributed by atoms with Crippen molar-refractivity contribution in [2.45, 2.75) is 52.4 Å². The summed E-state index contributed by atoms with van der Waals surface area (Å²) in [5, 5.41) is 0. The Morgan fingerprint density at radius 3 is 1.20 bits per heavy atom. The third-order valence-corrected chi connectivity index (χ3v) is 7.30. The van der Waals surface area contributed by atoms with Gasteiger partial charge in [0.2, 0.25) is 0 Å². The molecule has 0 aliphatic heterocycles. The molecule has 0 fully saturated rings. The van der Waals surface area contributed by atoms with E-state index >= 15 is 0 Å². The van der Waals surface area contributed by atoms with Crippen molar-refractivity contribution in [2.24, 2.45) is 0 Å². The molecule has 0 spiro atoms. The molecule has 0 aliphatic rings. The van der Waals surface area contributed by atoms with Gasteiger partial charge in [-0.2, -0.15) is 0 Å². The van der Waals surface area contributed by atoms with Crippen LogP contribution in [0.2, 0.25) is 0 Å². The quantitative estimate of drug-likeness (QED) is 0.171. The molecule has 0 aliphatic carbocycles. The average molecular weight is 523 g/mol. The van der Waals surface area contributed by atoms with Crippen LogP contribution in [0.25, 0.3) is 45.3 Å². The van der Waals surface area contributed by atoms with Crippen LogP contribution in [0.1, 0.15) is 61.8 Å². The van der Waals surface area contributed by atoms with Gasteiger partial charge < -0.3 is 8.83 Å². The van der Waals surface area contributed by atoms with E-state index in [0.29, 0.717) is 0 Å². The summed E-state index contributed by atoms with van der Waals surface area (Å²) in [4.78, 5) is 0. The number of aryl methyl sites for hydroxylation is 2. The maximum atomic E-state index is 6.47. The second kappa shape index (κ2) is 12.5. The summed E-state index contributed by atoms with van der Waals surface area (Å²) in [6, 6.07) is 28.8. The van der Waals surface area contributed by atoms with E-state index in [1.54, 1.807) is 0 Å². The zero-order valence-corrected chi connectivity index (χ0v) is 23.3. The lowest BCUT2D eigenvalue weighted by Gasteiger charge is -2.06. The van der Waals surface area contributed by atoms with Crippen LogP contribution in [0.3, 0.4) is 0 Å². The first-order valence-corrected chi connectivity index (χ1v) is 14.1. The Morgan fingerprint density at radius 1 is 0.525 bits per heavy atom. The molecule has 0 amide bonds. The second-order valence-electron chi connectivity index (χ2n) is 10.2. The molecular weight excluding hydrogens is 488 g/mol. The lowest BCUT2D eigenvalue weighted by Crippen LogP contribution is -1.87. The highest BCUT2D eigenvalue weighted by Gasteiger charge is 2.17. The monoisotopic (exact) mass is 522 g/mol. The number of terminal acetylenes is 2. The summed E-state index contributed by atoms with van der Waals surface area (Å²) in [6.45, 7) is 4.43. The highest BCUT2D eigenvalue weighted by Crippen LogP contribution is 2.37. The third kappa shape index (κ3) is 5.83. The molecule has 0 radical (unpaired) electrons. The van der Waals surface area contributed by atoms with E-state index in [2.05, 4.69) is 62.1 Å². The van der Waals surface area contributed by atoms with Crippen molar-refractivity contribution in [1.82, 2.24) is 0 Å². The molecule has 198 valence electrons. The number of furan rings is 2. The molecule has 0 unspecified atom stereocenters. The van der Waals surface area contributed by atoms with Crippen molar-refractivity contribution >= 4 is 0 Å². The van der Waals surface area contributed by atoms with E-state index in [0.717, 1.165) is 94.9 Å². The van der Waals surface area contributed by atoms with Crippen LogP contribution < -0.4 is 0 Å². The third-order valence-electron chi connectivity index (χ3n) is 7.30. The molecule has 5 aromatic rings. The van der Waals surface area contributed by atoms with Crippen LogP contribution in [0.4, 0.5) is 0 Å². The average Bonchev–Trinajstić information content (AvgIpc) is 3.64. The van der Waals surface area contributed by atoms with E-state index in [9.17, 15) is 0 Å². The summed E-state index contributed by atoms with van der Waals surface area (Å²) in [5.74, 6) is 8.94. The first-order valence-electron chi connectivity index (χ1n) is 14.1. The molecular formula is C38H34O2. The van der Waals surface area contributed by atoms with Gasteiger partial charge in [0.15, 0.2) is 0 Å². The smallest absolute Gasteiger partial charge is 0.137 e. The van der Waals surface area contributed by atoms with E-state index < -0.39 is 0 Å². The number of hydrogen-bond donors (Lipinski definition) is 0. The Kier molecular flexibility index (Phi) is 8.39. The Hall–Kier alpha value is -4.66. The summed E-state index contributed by atoms with van der Waals surface area (Å²) in [6.07, 6.45) is 17.5. The molecule has 40 heavy (non-hydrogen) atoms. The van der Waals surface area contributed by atoms with Gasteiger partial charge >= 0.3 is 0 Å².